The molecule has 2 aliphatic rings. The topological polar surface area (TPSA) is 104 Å². The van der Waals surface area contributed by atoms with Crippen molar-refractivity contribution in [3.05, 3.63) is 35.4 Å². The number of nitrogens with zero attached hydrogens (tertiary/aromatic N) is 1. The number of carbonyl (C=O) groups is 4. The highest BCUT2D eigenvalue weighted by molar-refractivity contribution is 6.22. The first-order valence-electron chi connectivity index (χ1n) is 7.46. The van der Waals surface area contributed by atoms with Crippen molar-refractivity contribution in [3.63, 3.8) is 0 Å². The quantitative estimate of drug-likeness (QED) is 0.794. The Morgan fingerprint density at radius 2 is 1.74 bits per heavy atom. The first-order chi connectivity index (χ1) is 11.0. The number of fused-ring (bicyclic) bond motifs is 1. The molecule has 0 bridgehead atoms. The van der Waals surface area contributed by atoms with Crippen molar-refractivity contribution in [1.82, 2.24) is 10.2 Å². The molecule has 23 heavy (non-hydrogen) atoms. The predicted molar refractivity (Wildman–Crippen MR) is 78.7 cm³/mol. The van der Waals surface area contributed by atoms with Gasteiger partial charge in [0.25, 0.3) is 11.8 Å². The van der Waals surface area contributed by atoms with E-state index in [4.69, 9.17) is 5.11 Å². The van der Waals surface area contributed by atoms with Crippen LogP contribution < -0.4 is 5.32 Å². The summed E-state index contributed by atoms with van der Waals surface area (Å²) in [6.45, 7) is -0.394. The molecule has 120 valence electrons. The second-order valence-electron chi connectivity index (χ2n) is 5.79. The van der Waals surface area contributed by atoms with Gasteiger partial charge in [0.2, 0.25) is 5.91 Å². The van der Waals surface area contributed by atoms with Crippen molar-refractivity contribution < 1.29 is 24.3 Å². The van der Waals surface area contributed by atoms with E-state index < -0.39 is 42.2 Å². The minimum atomic E-state index is -0.937. The SMILES string of the molecule is O=C(CN1C(=O)c2ccccc2C1=O)N[C@H]1CCC[C@H]1C(=O)O. The van der Waals surface area contributed by atoms with Crippen LogP contribution in [0.3, 0.4) is 0 Å². The lowest BCUT2D eigenvalue weighted by Crippen LogP contribution is -2.46. The summed E-state index contributed by atoms with van der Waals surface area (Å²) in [5.74, 6) is -3.06. The molecule has 1 aromatic rings. The Morgan fingerprint density at radius 3 is 2.30 bits per heavy atom. The van der Waals surface area contributed by atoms with Crippen LogP contribution in [0.15, 0.2) is 24.3 Å². The number of hydrogen-bond donors (Lipinski definition) is 2. The molecule has 0 aromatic heterocycles. The minimum Gasteiger partial charge on any atom is -0.481 e. The third kappa shape index (κ3) is 2.69. The normalized spacial score (nSPS) is 23.0. The fourth-order valence-corrected chi connectivity index (χ4v) is 3.21. The molecule has 0 unspecified atom stereocenters. The largest absolute Gasteiger partial charge is 0.481 e. The Balaban J connectivity index is 1.66. The highest BCUT2D eigenvalue weighted by Crippen LogP contribution is 2.26. The van der Waals surface area contributed by atoms with Crippen LogP contribution >= 0.6 is 0 Å². The summed E-state index contributed by atoms with van der Waals surface area (Å²) in [6, 6.07) is 5.96. The molecule has 1 saturated carbocycles. The van der Waals surface area contributed by atoms with E-state index in [9.17, 15) is 19.2 Å². The number of amides is 3. The lowest BCUT2D eigenvalue weighted by Gasteiger charge is -2.19. The molecular weight excluding hydrogens is 300 g/mol. The number of carboxylic acids is 1. The maximum Gasteiger partial charge on any atom is 0.308 e. The van der Waals surface area contributed by atoms with Gasteiger partial charge in [0.1, 0.15) is 6.54 Å². The van der Waals surface area contributed by atoms with Crippen LogP contribution in [0.2, 0.25) is 0 Å². The number of nitrogens with one attached hydrogen (secondary N) is 1. The number of carboxylic acid groups (broad SMARTS) is 1. The molecular formula is C16H16N2O5. The van der Waals surface area contributed by atoms with E-state index in [0.717, 1.165) is 11.3 Å². The van der Waals surface area contributed by atoms with Gasteiger partial charge in [0.15, 0.2) is 0 Å². The third-order valence-corrected chi connectivity index (χ3v) is 4.36. The van der Waals surface area contributed by atoms with Crippen LogP contribution in [0.25, 0.3) is 0 Å². The molecule has 1 heterocycles. The highest BCUT2D eigenvalue weighted by Gasteiger charge is 2.38. The van der Waals surface area contributed by atoms with Crippen LogP contribution in [0.4, 0.5) is 0 Å². The van der Waals surface area contributed by atoms with Gasteiger partial charge in [-0.25, -0.2) is 0 Å². The zero-order valence-corrected chi connectivity index (χ0v) is 12.3. The fraction of sp³-hybridized carbons (Fsp3) is 0.375. The smallest absolute Gasteiger partial charge is 0.308 e. The van der Waals surface area contributed by atoms with Gasteiger partial charge in [-0.15, -0.1) is 0 Å². The van der Waals surface area contributed by atoms with Crippen molar-refractivity contribution in [2.24, 2.45) is 5.92 Å². The Hall–Kier alpha value is -2.70. The Kier molecular flexibility index (Phi) is 3.85. The predicted octanol–water partition coefficient (Wildman–Crippen LogP) is 0.652. The van der Waals surface area contributed by atoms with Gasteiger partial charge in [-0.05, 0) is 25.0 Å². The van der Waals surface area contributed by atoms with Crippen LogP contribution in [0, 0.1) is 5.92 Å². The number of hydrogen-bond acceptors (Lipinski definition) is 4. The number of imide groups is 1. The second-order valence-corrected chi connectivity index (χ2v) is 5.79. The van der Waals surface area contributed by atoms with E-state index >= 15 is 0 Å². The van der Waals surface area contributed by atoms with Crippen LogP contribution in [0.1, 0.15) is 40.0 Å². The molecule has 7 nitrogen and oxygen atoms in total. The van der Waals surface area contributed by atoms with E-state index in [1.807, 2.05) is 0 Å². The average molecular weight is 316 g/mol. The lowest BCUT2D eigenvalue weighted by molar-refractivity contribution is -0.142. The molecule has 1 aromatic carbocycles. The molecule has 2 atom stereocenters. The Bertz CT molecular complexity index is 664. The van der Waals surface area contributed by atoms with Gasteiger partial charge < -0.3 is 10.4 Å². The van der Waals surface area contributed by atoms with Crippen molar-refractivity contribution in [3.8, 4) is 0 Å². The number of aliphatic carboxylic acids is 1. The van der Waals surface area contributed by atoms with Gasteiger partial charge in [0.05, 0.1) is 17.0 Å². The van der Waals surface area contributed by atoms with Crippen LogP contribution in [0.5, 0.6) is 0 Å². The summed E-state index contributed by atoms with van der Waals surface area (Å²) in [4.78, 5) is 48.5. The second kappa shape index (κ2) is 5.83. The summed E-state index contributed by atoms with van der Waals surface area (Å²) in [7, 11) is 0. The van der Waals surface area contributed by atoms with Crippen LogP contribution in [-0.2, 0) is 9.59 Å². The van der Waals surface area contributed by atoms with Gasteiger partial charge in [0, 0.05) is 6.04 Å². The number of benzene rings is 1. The fourth-order valence-electron chi connectivity index (χ4n) is 3.21. The number of carbonyl (C=O) groups excluding carboxylic acids is 3. The van der Waals surface area contributed by atoms with Crippen molar-refractivity contribution in [2.45, 2.75) is 25.3 Å². The van der Waals surface area contributed by atoms with E-state index in [2.05, 4.69) is 5.32 Å². The van der Waals surface area contributed by atoms with E-state index in [0.29, 0.717) is 12.8 Å². The van der Waals surface area contributed by atoms with Gasteiger partial charge >= 0.3 is 5.97 Å². The summed E-state index contributed by atoms with van der Waals surface area (Å²) in [6.07, 6.45) is 1.84. The first-order valence-corrected chi connectivity index (χ1v) is 7.46. The Labute approximate surface area is 132 Å². The standard InChI is InChI=1S/C16H16N2O5/c19-13(17-12-7-3-6-11(12)16(22)23)8-18-14(20)9-4-1-2-5-10(9)15(18)21/h1-2,4-5,11-12H,3,6-8H2,(H,17,19)(H,22,23)/t11-,12+/m1/s1. The molecule has 3 rings (SSSR count). The zero-order valence-electron chi connectivity index (χ0n) is 12.3. The molecule has 1 aliphatic heterocycles. The molecule has 0 spiro atoms. The average Bonchev–Trinajstić information content (AvgIpc) is 3.07. The first kappa shape index (κ1) is 15.2. The molecule has 0 radical (unpaired) electrons. The molecule has 2 N–H and O–H groups in total. The molecule has 1 fully saturated rings. The van der Waals surface area contributed by atoms with Gasteiger partial charge in [-0.1, -0.05) is 18.6 Å². The van der Waals surface area contributed by atoms with Crippen molar-refractivity contribution >= 4 is 23.7 Å². The third-order valence-electron chi connectivity index (χ3n) is 4.36. The molecule has 7 heteroatoms. The van der Waals surface area contributed by atoms with Gasteiger partial charge in [-0.2, -0.15) is 0 Å². The summed E-state index contributed by atoms with van der Waals surface area (Å²) < 4.78 is 0. The van der Waals surface area contributed by atoms with Gasteiger partial charge in [-0.3, -0.25) is 24.1 Å². The molecule has 1 aliphatic carbocycles. The maximum atomic E-state index is 12.2. The molecule has 0 saturated heterocycles. The van der Waals surface area contributed by atoms with Crippen molar-refractivity contribution in [1.29, 1.82) is 0 Å². The van der Waals surface area contributed by atoms with Crippen LogP contribution in [-0.4, -0.2) is 46.3 Å². The zero-order chi connectivity index (χ0) is 16.6. The minimum absolute atomic E-state index is 0.287. The summed E-state index contributed by atoms with van der Waals surface area (Å²) in [5.41, 5.74) is 0.573. The van der Waals surface area contributed by atoms with Crippen molar-refractivity contribution in [2.75, 3.05) is 6.54 Å². The highest BCUT2D eigenvalue weighted by atomic mass is 16.4. The monoisotopic (exact) mass is 316 g/mol. The lowest BCUT2D eigenvalue weighted by atomic mass is 10.0. The molecule has 3 amide bonds. The summed E-state index contributed by atoms with van der Waals surface area (Å²) >= 11 is 0. The van der Waals surface area contributed by atoms with E-state index in [1.54, 1.807) is 24.3 Å². The number of rotatable bonds is 4. The summed E-state index contributed by atoms with van der Waals surface area (Å²) in [5, 5.41) is 11.8. The Morgan fingerprint density at radius 1 is 1.13 bits per heavy atom. The van der Waals surface area contributed by atoms with E-state index in [1.165, 1.54) is 0 Å². The maximum absolute atomic E-state index is 12.2. The van der Waals surface area contributed by atoms with E-state index in [-0.39, 0.29) is 11.1 Å².